The first-order valence-corrected chi connectivity index (χ1v) is 9.18. The zero-order chi connectivity index (χ0) is 20.8. The average Bonchev–Trinajstić information content (AvgIpc) is 3.12. The third-order valence-corrected chi connectivity index (χ3v) is 4.57. The summed E-state index contributed by atoms with van der Waals surface area (Å²) in [6, 6.07) is 14.6. The van der Waals surface area contributed by atoms with E-state index >= 15 is 0 Å². The number of methoxy groups -OCH3 is 2. The minimum Gasteiger partial charge on any atom is -0.493 e. The minimum atomic E-state index is -0.667. The first kappa shape index (κ1) is 20.2. The molecule has 1 heterocycles. The summed E-state index contributed by atoms with van der Waals surface area (Å²) in [6.07, 6.45) is 0. The van der Waals surface area contributed by atoms with Crippen LogP contribution in [0.4, 0.5) is 0 Å². The molecule has 0 radical (unpaired) electrons. The molecule has 3 rings (SSSR count). The van der Waals surface area contributed by atoms with Crippen molar-refractivity contribution in [2.75, 3.05) is 20.8 Å². The smallest absolute Gasteiger partial charge is 0.442 e. The Morgan fingerprint density at radius 1 is 1.10 bits per heavy atom. The van der Waals surface area contributed by atoms with Crippen LogP contribution >= 0.6 is 0 Å². The van der Waals surface area contributed by atoms with E-state index in [9.17, 15) is 9.59 Å². The fourth-order valence-corrected chi connectivity index (χ4v) is 3.01. The second kappa shape index (κ2) is 9.09. The van der Waals surface area contributed by atoms with Crippen LogP contribution in [0.5, 0.6) is 11.5 Å². The van der Waals surface area contributed by atoms with Crippen LogP contribution in [0.15, 0.2) is 57.8 Å². The van der Waals surface area contributed by atoms with Gasteiger partial charge in [-0.2, -0.15) is 0 Å². The number of nitrogens with zero attached hydrogens (tertiary/aromatic N) is 3. The Balaban J connectivity index is 1.80. The maximum atomic E-state index is 12.9. The second-order valence-electron chi connectivity index (χ2n) is 6.32. The van der Waals surface area contributed by atoms with E-state index in [0.29, 0.717) is 36.0 Å². The van der Waals surface area contributed by atoms with E-state index in [2.05, 4.69) is 5.16 Å². The number of aromatic nitrogens is 2. The van der Waals surface area contributed by atoms with Crippen molar-refractivity contribution in [1.29, 1.82) is 0 Å². The Morgan fingerprint density at radius 3 is 2.48 bits per heavy atom. The third-order valence-electron chi connectivity index (χ3n) is 4.57. The van der Waals surface area contributed by atoms with E-state index in [-0.39, 0.29) is 12.5 Å². The van der Waals surface area contributed by atoms with Gasteiger partial charge in [0.05, 0.1) is 14.2 Å². The molecule has 8 heteroatoms. The number of amides is 1. The Labute approximate surface area is 168 Å². The van der Waals surface area contributed by atoms with Gasteiger partial charge in [-0.3, -0.25) is 9.32 Å². The van der Waals surface area contributed by atoms with E-state index in [4.69, 9.17) is 14.0 Å². The predicted molar refractivity (Wildman–Crippen MR) is 107 cm³/mol. The van der Waals surface area contributed by atoms with Crippen molar-refractivity contribution in [2.24, 2.45) is 0 Å². The van der Waals surface area contributed by atoms with Crippen molar-refractivity contribution in [2.45, 2.75) is 20.0 Å². The van der Waals surface area contributed by atoms with Crippen LogP contribution < -0.4 is 15.2 Å². The van der Waals surface area contributed by atoms with Crippen LogP contribution in [0.25, 0.3) is 11.4 Å². The van der Waals surface area contributed by atoms with Crippen molar-refractivity contribution in [3.63, 3.8) is 0 Å². The maximum Gasteiger partial charge on any atom is 0.442 e. The lowest BCUT2D eigenvalue weighted by Gasteiger charge is -2.22. The number of hydrogen-bond donors (Lipinski definition) is 0. The Bertz CT molecular complexity index is 1030. The average molecular weight is 397 g/mol. The molecule has 8 nitrogen and oxygen atoms in total. The highest BCUT2D eigenvalue weighted by molar-refractivity contribution is 5.76. The van der Waals surface area contributed by atoms with Crippen LogP contribution in [0.3, 0.4) is 0 Å². The molecule has 152 valence electrons. The topological polar surface area (TPSA) is 86.8 Å². The molecule has 0 unspecified atom stereocenters. The monoisotopic (exact) mass is 397 g/mol. The molecule has 0 aliphatic rings. The van der Waals surface area contributed by atoms with Crippen molar-refractivity contribution >= 4 is 5.91 Å². The van der Waals surface area contributed by atoms with E-state index in [0.717, 1.165) is 5.56 Å². The van der Waals surface area contributed by atoms with Gasteiger partial charge in [-0.25, -0.2) is 9.36 Å². The molecule has 0 saturated heterocycles. The van der Waals surface area contributed by atoms with Gasteiger partial charge in [-0.05, 0) is 24.6 Å². The van der Waals surface area contributed by atoms with Gasteiger partial charge in [0, 0.05) is 18.7 Å². The number of carbonyl (C=O) groups excluding carboxylic acids is 1. The van der Waals surface area contributed by atoms with Gasteiger partial charge < -0.3 is 14.4 Å². The molecule has 0 fully saturated rings. The summed E-state index contributed by atoms with van der Waals surface area (Å²) < 4.78 is 16.6. The predicted octanol–water partition coefficient (Wildman–Crippen LogP) is 2.57. The standard InChI is InChI=1S/C21H23N3O5/c1-4-23(13-15-10-11-17(27-2)18(12-15)28-3)19(25)14-24-20(22-29-21(24)26)16-8-6-5-7-9-16/h5-12H,4,13-14H2,1-3H3. The van der Waals surface area contributed by atoms with Crippen LogP contribution in [0.1, 0.15) is 12.5 Å². The van der Waals surface area contributed by atoms with Crippen LogP contribution in [0, 0.1) is 0 Å². The fraction of sp³-hybridized carbons (Fsp3) is 0.286. The first-order valence-electron chi connectivity index (χ1n) is 9.18. The highest BCUT2D eigenvalue weighted by Gasteiger charge is 2.19. The number of carbonyl (C=O) groups is 1. The summed E-state index contributed by atoms with van der Waals surface area (Å²) in [6.45, 7) is 2.57. The van der Waals surface area contributed by atoms with Gasteiger partial charge in [0.2, 0.25) is 5.91 Å². The van der Waals surface area contributed by atoms with Crippen LogP contribution in [0.2, 0.25) is 0 Å². The molecule has 29 heavy (non-hydrogen) atoms. The molecule has 1 aromatic heterocycles. The first-order chi connectivity index (χ1) is 14.1. The van der Waals surface area contributed by atoms with Gasteiger partial charge in [-0.15, -0.1) is 0 Å². The van der Waals surface area contributed by atoms with Gasteiger partial charge in [-0.1, -0.05) is 41.6 Å². The van der Waals surface area contributed by atoms with Crippen LogP contribution in [-0.4, -0.2) is 41.3 Å². The molecular formula is C21H23N3O5. The normalized spacial score (nSPS) is 10.6. The largest absolute Gasteiger partial charge is 0.493 e. The summed E-state index contributed by atoms with van der Waals surface area (Å²) >= 11 is 0. The lowest BCUT2D eigenvalue weighted by atomic mass is 10.2. The molecule has 0 spiro atoms. The molecule has 1 amide bonds. The number of benzene rings is 2. The van der Waals surface area contributed by atoms with Crippen LogP contribution in [-0.2, 0) is 17.9 Å². The minimum absolute atomic E-state index is 0.159. The number of ether oxygens (including phenoxy) is 2. The Kier molecular flexibility index (Phi) is 6.33. The molecular weight excluding hydrogens is 374 g/mol. The molecule has 0 atom stereocenters. The second-order valence-corrected chi connectivity index (χ2v) is 6.32. The van der Waals surface area contributed by atoms with Gasteiger partial charge in [0.15, 0.2) is 17.3 Å². The van der Waals surface area contributed by atoms with Gasteiger partial charge in [0.1, 0.15) is 6.54 Å². The molecule has 0 N–H and O–H groups in total. The highest BCUT2D eigenvalue weighted by atomic mass is 16.5. The lowest BCUT2D eigenvalue weighted by molar-refractivity contribution is -0.132. The molecule has 0 aliphatic heterocycles. The number of hydrogen-bond acceptors (Lipinski definition) is 6. The molecule has 3 aromatic rings. The summed E-state index contributed by atoms with van der Waals surface area (Å²) in [4.78, 5) is 26.7. The van der Waals surface area contributed by atoms with Crippen molar-refractivity contribution in [1.82, 2.24) is 14.6 Å². The zero-order valence-corrected chi connectivity index (χ0v) is 16.6. The number of likely N-dealkylation sites (N-methyl/N-ethyl adjacent to an activating group) is 1. The Hall–Kier alpha value is -3.55. The van der Waals surface area contributed by atoms with Gasteiger partial charge >= 0.3 is 5.76 Å². The van der Waals surface area contributed by atoms with Gasteiger partial charge in [0.25, 0.3) is 0 Å². The quantitative estimate of drug-likeness (QED) is 0.581. The molecule has 2 aromatic carbocycles. The third kappa shape index (κ3) is 4.48. The maximum absolute atomic E-state index is 12.9. The molecule has 0 bridgehead atoms. The Morgan fingerprint density at radius 2 is 1.83 bits per heavy atom. The number of rotatable bonds is 8. The van der Waals surface area contributed by atoms with E-state index < -0.39 is 5.76 Å². The van der Waals surface area contributed by atoms with E-state index in [1.165, 1.54) is 4.57 Å². The summed E-state index contributed by atoms with van der Waals surface area (Å²) in [5, 5.41) is 3.82. The van der Waals surface area contributed by atoms with Crippen molar-refractivity contribution < 1.29 is 18.8 Å². The summed E-state index contributed by atoms with van der Waals surface area (Å²) in [7, 11) is 3.13. The fourth-order valence-electron chi connectivity index (χ4n) is 3.01. The van der Waals surface area contributed by atoms with Crippen molar-refractivity contribution in [3.8, 4) is 22.9 Å². The van der Waals surface area contributed by atoms with E-state index in [1.54, 1.807) is 37.3 Å². The zero-order valence-electron chi connectivity index (χ0n) is 16.6. The lowest BCUT2D eigenvalue weighted by Crippen LogP contribution is -2.35. The van der Waals surface area contributed by atoms with E-state index in [1.807, 2.05) is 37.3 Å². The summed E-state index contributed by atoms with van der Waals surface area (Å²) in [5.41, 5.74) is 1.59. The molecule has 0 aliphatic carbocycles. The highest BCUT2D eigenvalue weighted by Crippen LogP contribution is 2.28. The SMILES string of the molecule is CCN(Cc1ccc(OC)c(OC)c1)C(=O)Cn1c(-c2ccccc2)noc1=O. The summed E-state index contributed by atoms with van der Waals surface area (Å²) in [5.74, 6) is 0.652. The van der Waals surface area contributed by atoms with Crippen molar-refractivity contribution in [3.05, 3.63) is 64.6 Å². The molecule has 0 saturated carbocycles.